The molecule has 0 atom stereocenters. The molecule has 2 nitrogen and oxygen atoms in total. The maximum Gasteiger partial charge on any atom is 0.423 e. The molecule has 0 aliphatic rings. The van der Waals surface area contributed by atoms with Crippen molar-refractivity contribution in [2.45, 2.75) is 25.1 Å². The van der Waals surface area contributed by atoms with Crippen LogP contribution in [0.1, 0.15) is 5.56 Å². The Morgan fingerprint density at radius 1 is 1.05 bits per heavy atom. The smallest absolute Gasteiger partial charge is 0.398 e. The second kappa shape index (κ2) is 5.24. The molecule has 1 rings (SSSR count). The number of nitrogens with two attached hydrogens (primary N) is 1. The van der Waals surface area contributed by atoms with Gasteiger partial charge in [-0.15, -0.1) is 0 Å². The van der Waals surface area contributed by atoms with Gasteiger partial charge in [-0.05, 0) is 12.1 Å². The molecule has 19 heavy (non-hydrogen) atoms. The molecule has 0 aliphatic carbocycles. The van der Waals surface area contributed by atoms with Crippen molar-refractivity contribution in [2.24, 2.45) is 0 Å². The summed E-state index contributed by atoms with van der Waals surface area (Å²) >= 11 is 0. The number of benzene rings is 1. The van der Waals surface area contributed by atoms with Gasteiger partial charge < -0.3 is 10.5 Å². The van der Waals surface area contributed by atoms with Crippen LogP contribution in [0.4, 0.5) is 36.4 Å². The summed E-state index contributed by atoms with van der Waals surface area (Å²) in [5, 5.41) is 0. The van der Waals surface area contributed by atoms with E-state index in [9.17, 15) is 30.7 Å². The Morgan fingerprint density at radius 2 is 1.58 bits per heavy atom. The Balaban J connectivity index is 2.83. The van der Waals surface area contributed by atoms with E-state index < -0.39 is 30.9 Å². The molecule has 0 fully saturated rings. The van der Waals surface area contributed by atoms with Crippen LogP contribution < -0.4 is 5.73 Å². The summed E-state index contributed by atoms with van der Waals surface area (Å²) in [4.78, 5) is 0. The first-order valence-electron chi connectivity index (χ1n) is 4.80. The molecule has 108 valence electrons. The Labute approximate surface area is 103 Å². The van der Waals surface area contributed by atoms with Gasteiger partial charge in [0.15, 0.2) is 0 Å². The van der Waals surface area contributed by atoms with E-state index in [2.05, 4.69) is 4.74 Å². The maximum absolute atomic E-state index is 12.6. The highest BCUT2D eigenvalue weighted by Crippen LogP contribution is 2.36. The second-order valence-corrected chi connectivity index (χ2v) is 3.62. The third-order valence-corrected chi connectivity index (χ3v) is 2.11. The maximum atomic E-state index is 12.6. The lowest BCUT2D eigenvalue weighted by Crippen LogP contribution is -2.44. The van der Waals surface area contributed by atoms with Crippen LogP contribution in [-0.4, -0.2) is 18.5 Å². The molecule has 0 saturated heterocycles. The standard InChI is InChI=1S/C10H8F7NO/c11-6-2-1-5(7(18)3-6)4-19-8(9(12,13)14)10(15,16)17/h1-3,8H,4,18H2. The van der Waals surface area contributed by atoms with Crippen molar-refractivity contribution in [1.29, 1.82) is 0 Å². The van der Waals surface area contributed by atoms with Gasteiger partial charge in [0, 0.05) is 11.3 Å². The third kappa shape index (κ3) is 4.27. The highest BCUT2D eigenvalue weighted by atomic mass is 19.4. The lowest BCUT2D eigenvalue weighted by Gasteiger charge is -2.23. The van der Waals surface area contributed by atoms with E-state index in [1.165, 1.54) is 0 Å². The van der Waals surface area contributed by atoms with Crippen molar-refractivity contribution in [3.8, 4) is 0 Å². The lowest BCUT2D eigenvalue weighted by molar-refractivity contribution is -0.324. The molecule has 0 aliphatic heterocycles. The molecular formula is C10H8F7NO. The highest BCUT2D eigenvalue weighted by molar-refractivity contribution is 5.46. The molecule has 0 saturated carbocycles. The second-order valence-electron chi connectivity index (χ2n) is 3.62. The zero-order valence-electron chi connectivity index (χ0n) is 9.15. The van der Waals surface area contributed by atoms with Crippen molar-refractivity contribution in [1.82, 2.24) is 0 Å². The summed E-state index contributed by atoms with van der Waals surface area (Å²) in [6, 6.07) is 2.58. The van der Waals surface area contributed by atoms with E-state index in [-0.39, 0.29) is 11.3 Å². The summed E-state index contributed by atoms with van der Waals surface area (Å²) in [7, 11) is 0. The summed E-state index contributed by atoms with van der Waals surface area (Å²) in [6.07, 6.45) is -15.1. The van der Waals surface area contributed by atoms with Crippen LogP contribution in [0.25, 0.3) is 0 Å². The van der Waals surface area contributed by atoms with Crippen LogP contribution in [0.15, 0.2) is 18.2 Å². The highest BCUT2D eigenvalue weighted by Gasteiger charge is 2.57. The molecule has 9 heteroatoms. The van der Waals surface area contributed by atoms with Crippen LogP contribution in [0, 0.1) is 5.82 Å². The molecule has 0 spiro atoms. The number of hydrogen-bond donors (Lipinski definition) is 1. The number of alkyl halides is 6. The molecule has 0 heterocycles. The normalized spacial score (nSPS) is 13.1. The molecular weight excluding hydrogens is 283 g/mol. The fourth-order valence-corrected chi connectivity index (χ4v) is 1.24. The largest absolute Gasteiger partial charge is 0.423 e. The third-order valence-electron chi connectivity index (χ3n) is 2.11. The summed E-state index contributed by atoms with van der Waals surface area (Å²) in [6.45, 7) is -1.03. The Hall–Kier alpha value is -1.51. The monoisotopic (exact) mass is 291 g/mol. The topological polar surface area (TPSA) is 35.2 Å². The van der Waals surface area contributed by atoms with E-state index >= 15 is 0 Å². The number of nitrogen functional groups attached to an aromatic ring is 1. The number of halogens is 7. The molecule has 1 aromatic rings. The van der Waals surface area contributed by atoms with Crippen molar-refractivity contribution in [3.05, 3.63) is 29.6 Å². The Kier molecular flexibility index (Phi) is 4.28. The van der Waals surface area contributed by atoms with Gasteiger partial charge in [0.05, 0.1) is 6.61 Å². The van der Waals surface area contributed by atoms with E-state index in [0.717, 1.165) is 18.2 Å². The fourth-order valence-electron chi connectivity index (χ4n) is 1.24. The minimum atomic E-state index is -5.59. The van der Waals surface area contributed by atoms with Gasteiger partial charge in [0.1, 0.15) is 5.82 Å². The fraction of sp³-hybridized carbons (Fsp3) is 0.400. The van der Waals surface area contributed by atoms with E-state index in [1.54, 1.807) is 0 Å². The van der Waals surface area contributed by atoms with Gasteiger partial charge in [-0.2, -0.15) is 26.3 Å². The quantitative estimate of drug-likeness (QED) is 0.684. The minimum Gasteiger partial charge on any atom is -0.398 e. The molecule has 0 bridgehead atoms. The predicted octanol–water partition coefficient (Wildman–Crippen LogP) is 3.42. The van der Waals surface area contributed by atoms with Gasteiger partial charge in [0.25, 0.3) is 0 Å². The zero-order valence-corrected chi connectivity index (χ0v) is 9.15. The number of anilines is 1. The van der Waals surface area contributed by atoms with Crippen molar-refractivity contribution in [2.75, 3.05) is 5.73 Å². The number of rotatable bonds is 3. The molecule has 2 N–H and O–H groups in total. The summed E-state index contributed by atoms with van der Waals surface area (Å²) in [5.74, 6) is -0.760. The van der Waals surface area contributed by atoms with E-state index in [1.807, 2.05) is 0 Å². The van der Waals surface area contributed by atoms with Gasteiger partial charge in [0.2, 0.25) is 6.10 Å². The summed E-state index contributed by atoms with van der Waals surface area (Å²) < 4.78 is 89.4. The van der Waals surface area contributed by atoms with Crippen molar-refractivity contribution in [3.63, 3.8) is 0 Å². The van der Waals surface area contributed by atoms with E-state index in [0.29, 0.717) is 0 Å². The number of ether oxygens (including phenoxy) is 1. The predicted molar refractivity (Wildman–Crippen MR) is 51.5 cm³/mol. The van der Waals surface area contributed by atoms with Gasteiger partial charge in [-0.1, -0.05) is 6.07 Å². The Bertz CT molecular complexity index is 426. The Morgan fingerprint density at radius 3 is 2.00 bits per heavy atom. The zero-order chi connectivity index (χ0) is 14.8. The van der Waals surface area contributed by atoms with E-state index in [4.69, 9.17) is 5.73 Å². The molecule has 1 aromatic carbocycles. The average molecular weight is 291 g/mol. The first-order chi connectivity index (χ1) is 8.51. The first-order valence-corrected chi connectivity index (χ1v) is 4.80. The van der Waals surface area contributed by atoms with Gasteiger partial charge in [-0.25, -0.2) is 4.39 Å². The van der Waals surface area contributed by atoms with Crippen LogP contribution >= 0.6 is 0 Å². The SMILES string of the molecule is Nc1cc(F)ccc1COC(C(F)(F)F)C(F)(F)F. The lowest BCUT2D eigenvalue weighted by atomic mass is 10.2. The van der Waals surface area contributed by atoms with Crippen LogP contribution in [0.2, 0.25) is 0 Å². The van der Waals surface area contributed by atoms with Crippen LogP contribution in [0.5, 0.6) is 0 Å². The molecule has 0 unspecified atom stereocenters. The molecule has 0 radical (unpaired) electrons. The number of hydrogen-bond acceptors (Lipinski definition) is 2. The summed E-state index contributed by atoms with van der Waals surface area (Å²) in [5.41, 5.74) is 4.79. The van der Waals surface area contributed by atoms with Crippen molar-refractivity contribution < 1.29 is 35.5 Å². The van der Waals surface area contributed by atoms with Crippen molar-refractivity contribution >= 4 is 5.69 Å². The van der Waals surface area contributed by atoms with Crippen LogP contribution in [-0.2, 0) is 11.3 Å². The van der Waals surface area contributed by atoms with Gasteiger partial charge >= 0.3 is 12.4 Å². The molecule has 0 amide bonds. The van der Waals surface area contributed by atoms with Gasteiger partial charge in [-0.3, -0.25) is 0 Å². The van der Waals surface area contributed by atoms with Crippen LogP contribution in [0.3, 0.4) is 0 Å². The first kappa shape index (κ1) is 15.5. The molecule has 0 aromatic heterocycles. The minimum absolute atomic E-state index is 0.167. The average Bonchev–Trinajstić information content (AvgIpc) is 2.17.